The van der Waals surface area contributed by atoms with Crippen LogP contribution >= 0.6 is 7.37 Å². The molecule has 0 aromatic rings. The number of sulfonamides is 1. The quantitative estimate of drug-likeness (QED) is 0.215. The molecule has 0 fully saturated rings. The molecule has 20 nitrogen and oxygen atoms in total. The van der Waals surface area contributed by atoms with Crippen LogP contribution in [0.1, 0.15) is 111 Å². The van der Waals surface area contributed by atoms with Gasteiger partial charge in [-0.2, -0.15) is 5.11 Å². The lowest BCUT2D eigenvalue weighted by Gasteiger charge is -2.06. The number of sulfone groups is 2. The van der Waals surface area contributed by atoms with Crippen LogP contribution in [0.2, 0.25) is 0 Å². The van der Waals surface area contributed by atoms with Crippen molar-refractivity contribution in [3.05, 3.63) is 0 Å². The Morgan fingerprint density at radius 1 is 0.733 bits per heavy atom. The highest BCUT2D eigenvalue weighted by atomic mass is 32.2. The van der Waals surface area contributed by atoms with Gasteiger partial charge in [0, 0.05) is 49.5 Å². The van der Waals surface area contributed by atoms with Gasteiger partial charge in [-0.25, -0.2) is 29.5 Å². The van der Waals surface area contributed by atoms with Crippen LogP contribution in [-0.4, -0.2) is 123 Å². The first-order chi connectivity index (χ1) is 26.5. The van der Waals surface area contributed by atoms with E-state index in [4.69, 9.17) is 4.89 Å². The Labute approximate surface area is 363 Å². The van der Waals surface area contributed by atoms with Gasteiger partial charge in [0.05, 0.1) is 22.5 Å². The fourth-order valence-electron chi connectivity index (χ4n) is 1.85. The minimum atomic E-state index is -3.37. The number of Topliss-reactive ketones (excluding diaryl/α,β-unsaturated/α-hetero) is 1. The summed E-state index contributed by atoms with van der Waals surface area (Å²) in [6.07, 6.45) is 3.62. The number of ketones is 1. The summed E-state index contributed by atoms with van der Waals surface area (Å²) in [4.78, 5) is 61.2. The average molecular weight is 963 g/mol. The molecule has 0 bridgehead atoms. The molecule has 1 heterocycles. The van der Waals surface area contributed by atoms with Gasteiger partial charge in [-0.15, -0.1) is 5.10 Å². The Hall–Kier alpha value is -2.79. The number of carbonyl (C=O) groups excluding carboxylic acids is 5. The molecule has 2 atom stereocenters. The van der Waals surface area contributed by atoms with Crippen molar-refractivity contribution in [2.24, 2.45) is 39.1 Å². The summed E-state index contributed by atoms with van der Waals surface area (Å²) < 4.78 is 88.3. The second-order valence-electron chi connectivity index (χ2n) is 15.3. The van der Waals surface area contributed by atoms with Gasteiger partial charge in [0.1, 0.15) is 38.9 Å². The van der Waals surface area contributed by atoms with E-state index in [-0.39, 0.29) is 57.9 Å². The number of nitrogens with zero attached hydrogens (tertiary/aromatic N) is 3. The molecule has 0 saturated carbocycles. The number of rotatable bonds is 11. The standard InChI is InChI=1S/C6H11NO2.C6H12O3S.C5H9N3.C5H11NO3S.C5H11NO2S.C4H11O2P.C4H10O2S/c1-4(2)6(9)7-5(3)8;1-5(2)10(8,9)4-6(3)7;1-4(2)5-3-6-8-7-5;1-4(2)5(7)6-10(3,8)9;1-4(2)5(7)6-9(3)8;2*1-4(2)7(3,5)6/h4H,1-3H3,(H,7,8,9);5H,4H2,1-3H3;4H,3H2,1-2H3;4H,1-3H3,(H,6,7);4H,1-3H3,(H,6,7);4H,1-3H3,(H,5,6);4H,1-3H3. The van der Waals surface area contributed by atoms with E-state index in [9.17, 15) is 58.0 Å². The minimum Gasteiger partial charge on any atom is -0.344 e. The predicted molar refractivity (Wildman–Crippen MR) is 241 cm³/mol. The number of carbonyl (C=O) groups is 5. The van der Waals surface area contributed by atoms with E-state index < -0.39 is 59.2 Å². The van der Waals surface area contributed by atoms with Gasteiger partial charge in [-0.05, 0) is 45.8 Å². The van der Waals surface area contributed by atoms with E-state index in [0.717, 1.165) is 12.0 Å². The molecule has 2 unspecified atom stereocenters. The lowest BCUT2D eigenvalue weighted by atomic mass is 10.1. The van der Waals surface area contributed by atoms with Crippen molar-refractivity contribution >= 4 is 83.2 Å². The van der Waals surface area contributed by atoms with Crippen LogP contribution in [-0.2, 0) is 69.2 Å². The third kappa shape index (κ3) is 51.4. The van der Waals surface area contributed by atoms with Gasteiger partial charge >= 0.3 is 0 Å². The zero-order valence-electron chi connectivity index (χ0n) is 39.1. The SMILES string of the molecule is CC(=O)CS(=O)(=O)C(C)C.CC(=O)NC(=O)C(C)C.CC(C)C(=O)NS(C)(=O)=O.CC(C)C(=O)NS(C)=O.CC(C)C1=NN=NC1.CC(C)P(C)(=O)O.CC(C)S(C)(=O)=O. The third-order valence-electron chi connectivity index (χ3n) is 6.48. The first-order valence-corrected chi connectivity index (χ1v) is 27.8. The fraction of sp³-hybridized carbons (Fsp3) is 0.829. The van der Waals surface area contributed by atoms with Crippen molar-refractivity contribution in [2.75, 3.05) is 37.7 Å². The molecular formula is C35H75N6O14PS4. The zero-order chi connectivity index (χ0) is 49.7. The first kappa shape index (κ1) is 68.9. The molecule has 0 spiro atoms. The molecule has 0 radical (unpaired) electrons. The summed E-state index contributed by atoms with van der Waals surface area (Å²) in [7, 11) is -13.2. The first-order valence-electron chi connectivity index (χ1n) is 18.6. The average Bonchev–Trinajstić information content (AvgIpc) is 3.56. The van der Waals surface area contributed by atoms with E-state index in [2.05, 4.69) is 39.3 Å². The Morgan fingerprint density at radius 3 is 1.20 bits per heavy atom. The Bertz CT molecular complexity index is 1750. The molecule has 60 heavy (non-hydrogen) atoms. The zero-order valence-corrected chi connectivity index (χ0v) is 43.3. The smallest absolute Gasteiger partial charge is 0.235 e. The second-order valence-corrected chi connectivity index (χ2v) is 26.2. The highest BCUT2D eigenvalue weighted by Crippen LogP contribution is 2.40. The van der Waals surface area contributed by atoms with Crippen LogP contribution in [0.15, 0.2) is 15.4 Å². The largest absolute Gasteiger partial charge is 0.344 e. The molecule has 1 aliphatic rings. The molecule has 25 heteroatoms. The molecule has 0 aliphatic carbocycles. The maximum absolute atomic E-state index is 10.9. The van der Waals surface area contributed by atoms with Gasteiger partial charge < -0.3 is 4.89 Å². The summed E-state index contributed by atoms with van der Waals surface area (Å²) in [5.41, 5.74) is 0.998. The Morgan fingerprint density at radius 2 is 1.10 bits per heavy atom. The molecule has 1 aliphatic heterocycles. The number of imide groups is 1. The maximum Gasteiger partial charge on any atom is 0.235 e. The Kier molecular flexibility index (Phi) is 38.8. The summed E-state index contributed by atoms with van der Waals surface area (Å²) in [5.74, 6) is -1.78. The minimum absolute atomic E-state index is 0.0890. The van der Waals surface area contributed by atoms with Crippen molar-refractivity contribution in [3.63, 3.8) is 0 Å². The molecule has 0 aromatic carbocycles. The number of amides is 4. The summed E-state index contributed by atoms with van der Waals surface area (Å²) >= 11 is 0. The van der Waals surface area contributed by atoms with Crippen LogP contribution in [0.5, 0.6) is 0 Å². The van der Waals surface area contributed by atoms with Crippen LogP contribution in [0, 0.1) is 23.7 Å². The number of nitrogens with one attached hydrogen (secondary N) is 3. The van der Waals surface area contributed by atoms with Gasteiger partial charge in [0.25, 0.3) is 0 Å². The predicted octanol–water partition coefficient (Wildman–Crippen LogP) is 3.67. The van der Waals surface area contributed by atoms with E-state index in [0.29, 0.717) is 12.5 Å². The van der Waals surface area contributed by atoms with Crippen LogP contribution in [0.4, 0.5) is 0 Å². The van der Waals surface area contributed by atoms with Crippen LogP contribution < -0.4 is 14.8 Å². The van der Waals surface area contributed by atoms with Gasteiger partial charge in [-0.1, -0.05) is 69.2 Å². The van der Waals surface area contributed by atoms with Crippen molar-refractivity contribution in [2.45, 2.75) is 127 Å². The maximum atomic E-state index is 10.9. The van der Waals surface area contributed by atoms with Gasteiger partial charge in [0.15, 0.2) is 17.2 Å². The summed E-state index contributed by atoms with van der Waals surface area (Å²) in [5, 5.41) is 12.5. The number of hydrogen-bond donors (Lipinski definition) is 4. The van der Waals surface area contributed by atoms with E-state index in [1.807, 2.05) is 4.72 Å². The van der Waals surface area contributed by atoms with E-state index >= 15 is 0 Å². The summed E-state index contributed by atoms with van der Waals surface area (Å²) in [6, 6.07) is 0. The molecule has 0 saturated heterocycles. The summed E-state index contributed by atoms with van der Waals surface area (Å²) in [6.45, 7) is 29.0. The fourth-order valence-corrected chi connectivity index (χ4v) is 3.87. The molecule has 1 rings (SSSR count). The molecular weight excluding hydrogens is 888 g/mol. The van der Waals surface area contributed by atoms with Gasteiger partial charge in [0.2, 0.25) is 33.7 Å². The van der Waals surface area contributed by atoms with E-state index in [1.54, 1.807) is 83.1 Å². The lowest BCUT2D eigenvalue weighted by molar-refractivity contribution is -0.131. The van der Waals surface area contributed by atoms with Crippen LogP contribution in [0.25, 0.3) is 0 Å². The highest BCUT2D eigenvalue weighted by molar-refractivity contribution is 7.92. The topological polar surface area (TPSA) is 315 Å². The third-order valence-corrected chi connectivity index (χ3v) is 13.4. The molecule has 358 valence electrons. The Balaban J connectivity index is -0.000000142. The van der Waals surface area contributed by atoms with E-state index in [1.165, 1.54) is 33.0 Å². The highest BCUT2D eigenvalue weighted by Gasteiger charge is 2.18. The second kappa shape index (κ2) is 33.8. The number of hydrogen-bond acceptors (Lipinski definition) is 16. The van der Waals surface area contributed by atoms with Gasteiger partial charge in [-0.3, -0.25) is 43.3 Å². The molecule has 4 amide bonds. The molecule has 4 N–H and O–H groups in total. The van der Waals surface area contributed by atoms with Crippen molar-refractivity contribution in [3.8, 4) is 0 Å². The monoisotopic (exact) mass is 962 g/mol. The van der Waals surface area contributed by atoms with Crippen molar-refractivity contribution < 1.29 is 62.9 Å². The van der Waals surface area contributed by atoms with Crippen LogP contribution in [0.3, 0.4) is 0 Å². The molecule has 0 aromatic heterocycles. The van der Waals surface area contributed by atoms with Crippen molar-refractivity contribution in [1.29, 1.82) is 0 Å². The normalized spacial score (nSPS) is 13.4. The van der Waals surface area contributed by atoms with Crippen molar-refractivity contribution in [1.82, 2.24) is 14.8 Å². The lowest BCUT2D eigenvalue weighted by Crippen LogP contribution is -2.32.